The van der Waals surface area contributed by atoms with Gasteiger partial charge >= 0.3 is 0 Å². The van der Waals surface area contributed by atoms with E-state index in [1.807, 2.05) is 30.1 Å². The minimum absolute atomic E-state index is 0.309. The highest BCUT2D eigenvalue weighted by atomic mass is 35.5. The molecule has 1 aliphatic heterocycles. The highest BCUT2D eigenvalue weighted by Gasteiger charge is 2.23. The zero-order valence-electron chi connectivity index (χ0n) is 15.3. The summed E-state index contributed by atoms with van der Waals surface area (Å²) in [5, 5.41) is 0.788. The molecule has 3 rings (SSSR count). The smallest absolute Gasteiger partial charge is 0.223 e. The van der Waals surface area contributed by atoms with E-state index in [2.05, 4.69) is 15.9 Å². The van der Waals surface area contributed by atoms with Crippen LogP contribution in [0.3, 0.4) is 0 Å². The molecule has 0 aromatic heterocycles. The molecule has 138 valence electrons. The van der Waals surface area contributed by atoms with E-state index in [1.54, 1.807) is 0 Å². The fourth-order valence-corrected chi connectivity index (χ4v) is 4.19. The van der Waals surface area contributed by atoms with Crippen LogP contribution in [0.15, 0.2) is 24.3 Å². The maximum Gasteiger partial charge on any atom is 0.223 e. The molecule has 0 spiro atoms. The standard InChI is InChI=1S/C20H30ClN3O/c1-22(18-7-3-2-4-8-18)20(25)10-11-23-12-14-24(15-13-23)19-9-5-6-17(21)16-19/h5-6,9,16,18H,2-4,7-8,10-15H2,1H3. The molecule has 1 aromatic carbocycles. The molecule has 1 saturated carbocycles. The summed E-state index contributed by atoms with van der Waals surface area (Å²) in [6.07, 6.45) is 6.88. The molecule has 1 aliphatic carbocycles. The number of rotatable bonds is 5. The molecule has 2 aliphatic rings. The van der Waals surface area contributed by atoms with Crippen molar-refractivity contribution in [3.63, 3.8) is 0 Å². The maximum absolute atomic E-state index is 12.5. The number of nitrogens with zero attached hydrogens (tertiary/aromatic N) is 3. The second kappa shape index (κ2) is 8.91. The Bertz CT molecular complexity index is 566. The van der Waals surface area contributed by atoms with Gasteiger partial charge in [-0.05, 0) is 31.0 Å². The summed E-state index contributed by atoms with van der Waals surface area (Å²) >= 11 is 6.09. The molecule has 1 saturated heterocycles. The zero-order valence-corrected chi connectivity index (χ0v) is 16.0. The summed E-state index contributed by atoms with van der Waals surface area (Å²) in [6.45, 7) is 4.87. The Balaban J connectivity index is 1.41. The largest absolute Gasteiger partial charge is 0.369 e. The zero-order chi connectivity index (χ0) is 17.6. The van der Waals surface area contributed by atoms with Crippen molar-refractivity contribution in [2.24, 2.45) is 0 Å². The molecule has 25 heavy (non-hydrogen) atoms. The predicted molar refractivity (Wildman–Crippen MR) is 104 cm³/mol. The van der Waals surface area contributed by atoms with Crippen LogP contribution >= 0.6 is 11.6 Å². The minimum Gasteiger partial charge on any atom is -0.369 e. The van der Waals surface area contributed by atoms with E-state index in [0.717, 1.165) is 37.7 Å². The Kier molecular flexibility index (Phi) is 6.60. The van der Waals surface area contributed by atoms with Crippen LogP contribution in [0.4, 0.5) is 5.69 Å². The lowest BCUT2D eigenvalue weighted by molar-refractivity contribution is -0.132. The fraction of sp³-hybridized carbons (Fsp3) is 0.650. The van der Waals surface area contributed by atoms with Crippen molar-refractivity contribution in [2.75, 3.05) is 44.7 Å². The molecule has 2 fully saturated rings. The Hall–Kier alpha value is -1.26. The molecule has 0 unspecified atom stereocenters. The second-order valence-corrected chi connectivity index (χ2v) is 7.79. The van der Waals surface area contributed by atoms with Crippen molar-refractivity contribution >= 4 is 23.2 Å². The van der Waals surface area contributed by atoms with Gasteiger partial charge < -0.3 is 9.80 Å². The van der Waals surface area contributed by atoms with Crippen molar-refractivity contribution in [3.05, 3.63) is 29.3 Å². The van der Waals surface area contributed by atoms with Gasteiger partial charge in [-0.2, -0.15) is 0 Å². The predicted octanol–water partition coefficient (Wildman–Crippen LogP) is 3.64. The van der Waals surface area contributed by atoms with E-state index >= 15 is 0 Å². The molecule has 0 atom stereocenters. The van der Waals surface area contributed by atoms with Crippen LogP contribution in [-0.2, 0) is 4.79 Å². The third kappa shape index (κ3) is 5.11. The van der Waals surface area contributed by atoms with E-state index in [4.69, 9.17) is 11.6 Å². The first-order valence-corrected chi connectivity index (χ1v) is 10.00. The molecular weight excluding hydrogens is 334 g/mol. The van der Waals surface area contributed by atoms with E-state index in [1.165, 1.54) is 37.8 Å². The van der Waals surface area contributed by atoms with Crippen LogP contribution in [0, 0.1) is 0 Å². The van der Waals surface area contributed by atoms with Gasteiger partial charge in [0.1, 0.15) is 0 Å². The van der Waals surface area contributed by atoms with Gasteiger partial charge in [-0.25, -0.2) is 0 Å². The molecule has 0 radical (unpaired) electrons. The summed E-state index contributed by atoms with van der Waals surface area (Å²) in [6, 6.07) is 8.53. The number of halogens is 1. The number of amides is 1. The summed E-state index contributed by atoms with van der Waals surface area (Å²) < 4.78 is 0. The topological polar surface area (TPSA) is 26.8 Å². The number of anilines is 1. The second-order valence-electron chi connectivity index (χ2n) is 7.36. The third-order valence-electron chi connectivity index (χ3n) is 5.70. The molecule has 0 N–H and O–H groups in total. The monoisotopic (exact) mass is 363 g/mol. The highest BCUT2D eigenvalue weighted by Crippen LogP contribution is 2.23. The summed E-state index contributed by atoms with van der Waals surface area (Å²) in [4.78, 5) is 19.3. The molecule has 0 bridgehead atoms. The first-order valence-electron chi connectivity index (χ1n) is 9.62. The third-order valence-corrected chi connectivity index (χ3v) is 5.94. The normalized spacial score (nSPS) is 19.8. The van der Waals surface area contributed by atoms with Gasteiger partial charge in [0, 0.05) is 62.9 Å². The number of carbonyl (C=O) groups is 1. The van der Waals surface area contributed by atoms with Gasteiger partial charge in [-0.1, -0.05) is 36.9 Å². The van der Waals surface area contributed by atoms with Gasteiger partial charge in [0.25, 0.3) is 0 Å². The number of piperazine rings is 1. The van der Waals surface area contributed by atoms with Gasteiger partial charge in [0.2, 0.25) is 5.91 Å². The van der Waals surface area contributed by atoms with Crippen LogP contribution in [0.5, 0.6) is 0 Å². The van der Waals surface area contributed by atoms with Gasteiger partial charge in [0.15, 0.2) is 0 Å². The van der Waals surface area contributed by atoms with E-state index in [-0.39, 0.29) is 0 Å². The lowest BCUT2D eigenvalue weighted by Crippen LogP contribution is -2.47. The first kappa shape index (κ1) is 18.5. The lowest BCUT2D eigenvalue weighted by Gasteiger charge is -2.36. The number of carbonyl (C=O) groups excluding carboxylic acids is 1. The quantitative estimate of drug-likeness (QED) is 0.799. The fourth-order valence-electron chi connectivity index (χ4n) is 4.00. The Labute approximate surface area is 156 Å². The van der Waals surface area contributed by atoms with Crippen molar-refractivity contribution in [3.8, 4) is 0 Å². The molecule has 5 heteroatoms. The summed E-state index contributed by atoms with van der Waals surface area (Å²) in [5.41, 5.74) is 1.19. The minimum atomic E-state index is 0.309. The number of hydrogen-bond donors (Lipinski definition) is 0. The van der Waals surface area contributed by atoms with Crippen molar-refractivity contribution < 1.29 is 4.79 Å². The molecule has 1 heterocycles. The Morgan fingerprint density at radius 2 is 1.88 bits per heavy atom. The van der Waals surface area contributed by atoms with Crippen molar-refractivity contribution in [2.45, 2.75) is 44.6 Å². The average Bonchev–Trinajstić information content (AvgIpc) is 2.66. The van der Waals surface area contributed by atoms with E-state index < -0.39 is 0 Å². The first-order chi connectivity index (χ1) is 12.1. The Morgan fingerprint density at radius 1 is 1.16 bits per heavy atom. The van der Waals surface area contributed by atoms with Crippen LogP contribution < -0.4 is 4.90 Å². The molecule has 1 amide bonds. The van der Waals surface area contributed by atoms with E-state index in [9.17, 15) is 4.79 Å². The molecule has 1 aromatic rings. The van der Waals surface area contributed by atoms with E-state index in [0.29, 0.717) is 18.4 Å². The molecular formula is C20H30ClN3O. The maximum atomic E-state index is 12.5. The van der Waals surface area contributed by atoms with Gasteiger partial charge in [-0.3, -0.25) is 9.69 Å². The van der Waals surface area contributed by atoms with Crippen LogP contribution in [0.1, 0.15) is 38.5 Å². The number of hydrogen-bond acceptors (Lipinski definition) is 3. The Morgan fingerprint density at radius 3 is 2.56 bits per heavy atom. The van der Waals surface area contributed by atoms with Crippen LogP contribution in [0.2, 0.25) is 5.02 Å². The van der Waals surface area contributed by atoms with Crippen molar-refractivity contribution in [1.82, 2.24) is 9.80 Å². The van der Waals surface area contributed by atoms with Gasteiger partial charge in [-0.15, -0.1) is 0 Å². The summed E-state index contributed by atoms with van der Waals surface area (Å²) in [7, 11) is 2.00. The van der Waals surface area contributed by atoms with Crippen LogP contribution in [-0.4, -0.2) is 61.5 Å². The lowest BCUT2D eigenvalue weighted by atomic mass is 9.94. The SMILES string of the molecule is CN(C(=O)CCN1CCN(c2cccc(Cl)c2)CC1)C1CCCCC1. The average molecular weight is 364 g/mol. The van der Waals surface area contributed by atoms with Crippen molar-refractivity contribution in [1.29, 1.82) is 0 Å². The van der Waals surface area contributed by atoms with Crippen LogP contribution in [0.25, 0.3) is 0 Å². The number of benzene rings is 1. The van der Waals surface area contributed by atoms with Gasteiger partial charge in [0.05, 0.1) is 0 Å². The summed E-state index contributed by atoms with van der Waals surface area (Å²) in [5.74, 6) is 0.309. The highest BCUT2D eigenvalue weighted by molar-refractivity contribution is 6.30. The molecule has 4 nitrogen and oxygen atoms in total.